The first kappa shape index (κ1) is 10.6. The number of rotatable bonds is 1. The number of hydrogen-bond acceptors (Lipinski definition) is 1. The van der Waals surface area contributed by atoms with Gasteiger partial charge in [-0.15, -0.1) is 0 Å². The standard InChI is InChI=1S/C18H14O/c1-12-15-8-4-2-6-13(15)10-16(12)18-11-14-7-3-5-9-17(14)19-18/h2-9,11H,10H2,1H3. The first-order chi connectivity index (χ1) is 9.33. The number of benzene rings is 2. The normalized spacial score (nSPS) is 14.2. The summed E-state index contributed by atoms with van der Waals surface area (Å²) in [5.74, 6) is 1.01. The van der Waals surface area contributed by atoms with E-state index in [0.29, 0.717) is 0 Å². The average molecular weight is 246 g/mol. The maximum absolute atomic E-state index is 6.00. The Morgan fingerprint density at radius 1 is 0.947 bits per heavy atom. The van der Waals surface area contributed by atoms with E-state index >= 15 is 0 Å². The van der Waals surface area contributed by atoms with E-state index in [1.807, 2.05) is 18.2 Å². The summed E-state index contributed by atoms with van der Waals surface area (Å²) in [6.07, 6.45) is 0.974. The molecule has 1 aliphatic carbocycles. The van der Waals surface area contributed by atoms with Crippen molar-refractivity contribution in [1.82, 2.24) is 0 Å². The molecule has 0 amide bonds. The van der Waals surface area contributed by atoms with Gasteiger partial charge in [0.1, 0.15) is 11.3 Å². The Balaban J connectivity index is 1.88. The summed E-state index contributed by atoms with van der Waals surface area (Å²) < 4.78 is 6.00. The summed E-state index contributed by atoms with van der Waals surface area (Å²) >= 11 is 0. The van der Waals surface area contributed by atoms with Crippen molar-refractivity contribution in [2.24, 2.45) is 0 Å². The minimum atomic E-state index is 0.966. The molecule has 1 nitrogen and oxygen atoms in total. The lowest BCUT2D eigenvalue weighted by molar-refractivity contribution is 0.598. The second-order valence-electron chi connectivity index (χ2n) is 5.09. The van der Waals surface area contributed by atoms with E-state index in [4.69, 9.17) is 4.42 Å². The molecular formula is C18H14O. The Morgan fingerprint density at radius 2 is 1.74 bits per heavy atom. The zero-order valence-electron chi connectivity index (χ0n) is 10.8. The van der Waals surface area contributed by atoms with E-state index in [2.05, 4.69) is 43.3 Å². The lowest BCUT2D eigenvalue weighted by Gasteiger charge is -1.98. The van der Waals surface area contributed by atoms with E-state index < -0.39 is 0 Å². The summed E-state index contributed by atoms with van der Waals surface area (Å²) in [5, 5.41) is 1.17. The van der Waals surface area contributed by atoms with Gasteiger partial charge >= 0.3 is 0 Å². The molecule has 0 bridgehead atoms. The monoisotopic (exact) mass is 246 g/mol. The third kappa shape index (κ3) is 1.55. The Kier molecular flexibility index (Phi) is 2.16. The van der Waals surface area contributed by atoms with Crippen LogP contribution in [-0.4, -0.2) is 0 Å². The predicted molar refractivity (Wildman–Crippen MR) is 78.8 cm³/mol. The number of para-hydroxylation sites is 1. The highest BCUT2D eigenvalue weighted by Crippen LogP contribution is 2.39. The van der Waals surface area contributed by atoms with Gasteiger partial charge in [-0.3, -0.25) is 0 Å². The highest BCUT2D eigenvalue weighted by Gasteiger charge is 2.21. The maximum Gasteiger partial charge on any atom is 0.134 e. The van der Waals surface area contributed by atoms with Gasteiger partial charge in [-0.1, -0.05) is 42.5 Å². The van der Waals surface area contributed by atoms with Gasteiger partial charge in [-0.05, 0) is 35.8 Å². The number of furan rings is 1. The molecule has 4 rings (SSSR count). The second-order valence-corrected chi connectivity index (χ2v) is 5.09. The largest absolute Gasteiger partial charge is 0.456 e. The van der Waals surface area contributed by atoms with E-state index in [1.165, 1.54) is 27.7 Å². The van der Waals surface area contributed by atoms with E-state index in [1.54, 1.807) is 0 Å². The van der Waals surface area contributed by atoms with Crippen LogP contribution in [0.1, 0.15) is 23.8 Å². The fourth-order valence-electron chi connectivity index (χ4n) is 2.93. The molecular weight excluding hydrogens is 232 g/mol. The van der Waals surface area contributed by atoms with Crippen LogP contribution in [0.3, 0.4) is 0 Å². The van der Waals surface area contributed by atoms with Crippen molar-refractivity contribution >= 4 is 22.1 Å². The first-order valence-corrected chi connectivity index (χ1v) is 6.60. The van der Waals surface area contributed by atoms with Crippen molar-refractivity contribution in [2.45, 2.75) is 13.3 Å². The molecule has 1 heteroatoms. The SMILES string of the molecule is CC1=C(c2cc3ccccc3o2)Cc2ccccc21. The van der Waals surface area contributed by atoms with Crippen molar-refractivity contribution < 1.29 is 4.42 Å². The third-order valence-corrected chi connectivity index (χ3v) is 3.96. The molecule has 0 radical (unpaired) electrons. The molecule has 3 aromatic rings. The quantitative estimate of drug-likeness (QED) is 0.594. The smallest absolute Gasteiger partial charge is 0.134 e. The minimum absolute atomic E-state index is 0.966. The fraction of sp³-hybridized carbons (Fsp3) is 0.111. The first-order valence-electron chi connectivity index (χ1n) is 6.60. The molecule has 0 unspecified atom stereocenters. The molecule has 0 atom stereocenters. The van der Waals surface area contributed by atoms with E-state index in [0.717, 1.165) is 17.8 Å². The molecule has 0 N–H and O–H groups in total. The van der Waals surface area contributed by atoms with Gasteiger partial charge in [-0.25, -0.2) is 0 Å². The molecule has 1 aliphatic rings. The second kappa shape index (κ2) is 3.86. The molecule has 0 saturated carbocycles. The predicted octanol–water partition coefficient (Wildman–Crippen LogP) is 4.92. The van der Waals surface area contributed by atoms with Crippen LogP contribution in [0.5, 0.6) is 0 Å². The Bertz CT molecular complexity index is 772. The topological polar surface area (TPSA) is 13.1 Å². The van der Waals surface area contributed by atoms with Crippen LogP contribution in [-0.2, 0) is 6.42 Å². The molecule has 0 fully saturated rings. The van der Waals surface area contributed by atoms with E-state index in [9.17, 15) is 0 Å². The Hall–Kier alpha value is -2.28. The van der Waals surface area contributed by atoms with Crippen molar-refractivity contribution in [3.8, 4) is 0 Å². The molecule has 92 valence electrons. The molecule has 1 heterocycles. The summed E-state index contributed by atoms with van der Waals surface area (Å²) in [6, 6.07) is 18.9. The fourth-order valence-corrected chi connectivity index (χ4v) is 2.93. The number of hydrogen-bond donors (Lipinski definition) is 0. The molecule has 0 spiro atoms. The highest BCUT2D eigenvalue weighted by molar-refractivity contribution is 5.97. The van der Waals surface area contributed by atoms with Crippen molar-refractivity contribution in [3.63, 3.8) is 0 Å². The van der Waals surface area contributed by atoms with Crippen LogP contribution in [0.25, 0.3) is 22.1 Å². The van der Waals surface area contributed by atoms with Gasteiger partial charge in [0, 0.05) is 17.4 Å². The van der Waals surface area contributed by atoms with Crippen LogP contribution in [0.4, 0.5) is 0 Å². The van der Waals surface area contributed by atoms with Gasteiger partial charge in [0.2, 0.25) is 0 Å². The van der Waals surface area contributed by atoms with Gasteiger partial charge in [0.15, 0.2) is 0 Å². The highest BCUT2D eigenvalue weighted by atomic mass is 16.3. The van der Waals surface area contributed by atoms with Gasteiger partial charge in [0.25, 0.3) is 0 Å². The molecule has 19 heavy (non-hydrogen) atoms. The third-order valence-electron chi connectivity index (χ3n) is 3.96. The zero-order valence-corrected chi connectivity index (χ0v) is 10.8. The van der Waals surface area contributed by atoms with Gasteiger partial charge in [-0.2, -0.15) is 0 Å². The molecule has 2 aromatic carbocycles. The lowest BCUT2D eigenvalue weighted by Crippen LogP contribution is -1.82. The summed E-state index contributed by atoms with van der Waals surface area (Å²) in [5.41, 5.74) is 6.38. The summed E-state index contributed by atoms with van der Waals surface area (Å²) in [4.78, 5) is 0. The molecule has 0 saturated heterocycles. The Morgan fingerprint density at radius 3 is 2.58 bits per heavy atom. The van der Waals surface area contributed by atoms with Crippen LogP contribution < -0.4 is 0 Å². The zero-order chi connectivity index (χ0) is 12.8. The average Bonchev–Trinajstić information content (AvgIpc) is 3.00. The van der Waals surface area contributed by atoms with Gasteiger partial charge in [0.05, 0.1) is 0 Å². The van der Waals surface area contributed by atoms with Crippen LogP contribution in [0, 0.1) is 0 Å². The number of fused-ring (bicyclic) bond motifs is 2. The number of allylic oxidation sites excluding steroid dienone is 2. The lowest BCUT2D eigenvalue weighted by atomic mass is 10.1. The van der Waals surface area contributed by atoms with Crippen molar-refractivity contribution in [2.75, 3.05) is 0 Å². The van der Waals surface area contributed by atoms with Crippen LogP contribution in [0.15, 0.2) is 59.0 Å². The van der Waals surface area contributed by atoms with Crippen LogP contribution >= 0.6 is 0 Å². The minimum Gasteiger partial charge on any atom is -0.456 e. The molecule has 0 aliphatic heterocycles. The summed E-state index contributed by atoms with van der Waals surface area (Å²) in [6.45, 7) is 2.19. The Labute approximate surface area is 112 Å². The molecule has 1 aromatic heterocycles. The van der Waals surface area contributed by atoms with Crippen LogP contribution in [0.2, 0.25) is 0 Å². The van der Waals surface area contributed by atoms with Crippen molar-refractivity contribution in [3.05, 3.63) is 71.5 Å². The van der Waals surface area contributed by atoms with Crippen molar-refractivity contribution in [1.29, 1.82) is 0 Å². The van der Waals surface area contributed by atoms with E-state index in [-0.39, 0.29) is 0 Å². The maximum atomic E-state index is 6.00. The van der Waals surface area contributed by atoms with Gasteiger partial charge < -0.3 is 4.42 Å². The summed E-state index contributed by atoms with van der Waals surface area (Å²) in [7, 11) is 0.